The molecule has 3 rings (SSSR count). The van der Waals surface area contributed by atoms with Crippen molar-refractivity contribution in [2.24, 2.45) is 0 Å². The molecular formula is C19H22N4O3. The fourth-order valence-corrected chi connectivity index (χ4v) is 2.81. The molecule has 2 heterocycles. The average molecular weight is 354 g/mol. The van der Waals surface area contributed by atoms with Gasteiger partial charge in [0.15, 0.2) is 0 Å². The summed E-state index contributed by atoms with van der Waals surface area (Å²) in [6.45, 7) is 8.38. The molecule has 1 N–H and O–H groups in total. The predicted octanol–water partition coefficient (Wildman–Crippen LogP) is 3.50. The number of amides is 1. The Hall–Kier alpha value is -3.09. The molecule has 0 fully saturated rings. The van der Waals surface area contributed by atoms with Gasteiger partial charge in [-0.1, -0.05) is 0 Å². The van der Waals surface area contributed by atoms with Crippen molar-refractivity contribution in [2.75, 3.05) is 11.9 Å². The molecule has 0 aliphatic rings. The van der Waals surface area contributed by atoms with E-state index in [0.717, 1.165) is 28.4 Å². The minimum atomic E-state index is -0.107. The fourth-order valence-electron chi connectivity index (χ4n) is 2.81. The Morgan fingerprint density at radius 1 is 1.19 bits per heavy atom. The van der Waals surface area contributed by atoms with E-state index >= 15 is 0 Å². The Bertz CT molecular complexity index is 910. The van der Waals surface area contributed by atoms with Gasteiger partial charge in [-0.3, -0.25) is 4.79 Å². The summed E-state index contributed by atoms with van der Waals surface area (Å²) in [4.78, 5) is 12.4. The summed E-state index contributed by atoms with van der Waals surface area (Å²) in [6.07, 6.45) is 0. The summed E-state index contributed by atoms with van der Waals surface area (Å²) in [5.41, 5.74) is 3.44. The molecule has 7 nitrogen and oxygen atoms in total. The lowest BCUT2D eigenvalue weighted by Crippen LogP contribution is -2.20. The van der Waals surface area contributed by atoms with E-state index in [1.54, 1.807) is 6.92 Å². The van der Waals surface area contributed by atoms with Gasteiger partial charge in [0.1, 0.15) is 12.3 Å². The number of carbonyl (C=O) groups is 1. The molecule has 7 heteroatoms. The van der Waals surface area contributed by atoms with Crippen LogP contribution in [0.4, 0.5) is 5.69 Å². The SMILES string of the molecule is CCOc1ccc(NC(=O)Cn2c(C)cc(-c3nnc(C)o3)c2C)cc1. The van der Waals surface area contributed by atoms with Crippen LogP contribution in [0.15, 0.2) is 34.7 Å². The summed E-state index contributed by atoms with van der Waals surface area (Å²) in [5.74, 6) is 1.65. The number of carbonyl (C=O) groups excluding carboxylic acids is 1. The lowest BCUT2D eigenvalue weighted by atomic mass is 10.2. The van der Waals surface area contributed by atoms with Gasteiger partial charge in [0, 0.05) is 24.0 Å². The second-order valence-corrected chi connectivity index (χ2v) is 6.00. The van der Waals surface area contributed by atoms with Gasteiger partial charge in [-0.05, 0) is 51.1 Å². The molecule has 0 bridgehead atoms. The van der Waals surface area contributed by atoms with E-state index in [-0.39, 0.29) is 12.5 Å². The second kappa shape index (κ2) is 7.43. The van der Waals surface area contributed by atoms with Crippen molar-refractivity contribution < 1.29 is 13.9 Å². The Kier molecular flexibility index (Phi) is 5.06. The number of hydrogen-bond donors (Lipinski definition) is 1. The molecule has 3 aromatic rings. The van der Waals surface area contributed by atoms with E-state index in [2.05, 4.69) is 15.5 Å². The second-order valence-electron chi connectivity index (χ2n) is 6.00. The van der Waals surface area contributed by atoms with Gasteiger partial charge in [0.2, 0.25) is 17.7 Å². The quantitative estimate of drug-likeness (QED) is 0.732. The number of benzene rings is 1. The van der Waals surface area contributed by atoms with Crippen LogP contribution in [0.1, 0.15) is 24.2 Å². The van der Waals surface area contributed by atoms with Crippen molar-refractivity contribution >= 4 is 11.6 Å². The molecule has 0 saturated heterocycles. The highest BCUT2D eigenvalue weighted by molar-refractivity contribution is 5.90. The average Bonchev–Trinajstić information content (AvgIpc) is 3.15. The zero-order chi connectivity index (χ0) is 18.7. The Labute approximate surface area is 152 Å². The van der Waals surface area contributed by atoms with E-state index in [4.69, 9.17) is 9.15 Å². The van der Waals surface area contributed by atoms with E-state index in [9.17, 15) is 4.79 Å². The number of anilines is 1. The smallest absolute Gasteiger partial charge is 0.249 e. The minimum absolute atomic E-state index is 0.107. The zero-order valence-corrected chi connectivity index (χ0v) is 15.4. The number of nitrogens with one attached hydrogen (secondary N) is 1. The molecule has 0 spiro atoms. The minimum Gasteiger partial charge on any atom is -0.494 e. The monoisotopic (exact) mass is 354 g/mol. The number of hydrogen-bond acceptors (Lipinski definition) is 5. The molecule has 0 radical (unpaired) electrons. The van der Waals surface area contributed by atoms with Gasteiger partial charge < -0.3 is 19.0 Å². The largest absolute Gasteiger partial charge is 0.494 e. The van der Waals surface area contributed by atoms with Crippen molar-refractivity contribution in [2.45, 2.75) is 34.2 Å². The van der Waals surface area contributed by atoms with Crippen LogP contribution in [-0.2, 0) is 11.3 Å². The number of aromatic nitrogens is 3. The summed E-state index contributed by atoms with van der Waals surface area (Å²) >= 11 is 0. The Morgan fingerprint density at radius 2 is 1.92 bits per heavy atom. The summed E-state index contributed by atoms with van der Waals surface area (Å²) < 4.78 is 12.8. The van der Waals surface area contributed by atoms with E-state index in [0.29, 0.717) is 18.4 Å². The lowest BCUT2D eigenvalue weighted by Gasteiger charge is -2.11. The van der Waals surface area contributed by atoms with Gasteiger partial charge >= 0.3 is 0 Å². The Morgan fingerprint density at radius 3 is 2.54 bits per heavy atom. The van der Waals surface area contributed by atoms with Crippen molar-refractivity contribution in [3.63, 3.8) is 0 Å². The standard InChI is InChI=1S/C19H22N4O3/c1-5-25-16-8-6-15(7-9-16)20-18(24)11-23-12(2)10-17(13(23)3)19-22-21-14(4)26-19/h6-10H,5,11H2,1-4H3,(H,20,24). The summed E-state index contributed by atoms with van der Waals surface area (Å²) in [7, 11) is 0. The van der Waals surface area contributed by atoms with Crippen LogP contribution in [0.25, 0.3) is 11.5 Å². The molecule has 0 unspecified atom stereocenters. The number of ether oxygens (including phenoxy) is 1. The van der Waals surface area contributed by atoms with Crippen LogP contribution in [0.2, 0.25) is 0 Å². The normalized spacial score (nSPS) is 10.8. The first-order chi connectivity index (χ1) is 12.5. The molecule has 2 aromatic heterocycles. The predicted molar refractivity (Wildman–Crippen MR) is 98.2 cm³/mol. The molecule has 1 aromatic carbocycles. The van der Waals surface area contributed by atoms with Crippen molar-refractivity contribution in [3.8, 4) is 17.2 Å². The highest BCUT2D eigenvalue weighted by atomic mass is 16.5. The van der Waals surface area contributed by atoms with Crippen LogP contribution in [-0.4, -0.2) is 27.3 Å². The van der Waals surface area contributed by atoms with Crippen LogP contribution in [0.3, 0.4) is 0 Å². The van der Waals surface area contributed by atoms with E-state index in [1.807, 2.05) is 55.7 Å². The van der Waals surface area contributed by atoms with Gasteiger partial charge in [-0.15, -0.1) is 10.2 Å². The van der Waals surface area contributed by atoms with Crippen LogP contribution in [0.5, 0.6) is 5.75 Å². The van der Waals surface area contributed by atoms with Gasteiger partial charge in [0.25, 0.3) is 0 Å². The maximum absolute atomic E-state index is 12.4. The molecule has 0 saturated carbocycles. The third kappa shape index (κ3) is 3.77. The summed E-state index contributed by atoms with van der Waals surface area (Å²) in [6, 6.07) is 9.27. The third-order valence-corrected chi connectivity index (χ3v) is 4.08. The topological polar surface area (TPSA) is 82.2 Å². The van der Waals surface area contributed by atoms with Gasteiger partial charge in [-0.2, -0.15) is 0 Å². The van der Waals surface area contributed by atoms with Crippen LogP contribution < -0.4 is 10.1 Å². The summed E-state index contributed by atoms with van der Waals surface area (Å²) in [5, 5.41) is 10.8. The molecule has 0 aliphatic heterocycles. The van der Waals surface area contributed by atoms with Crippen LogP contribution in [0, 0.1) is 20.8 Å². The fraction of sp³-hybridized carbons (Fsp3) is 0.316. The number of nitrogens with zero attached hydrogens (tertiary/aromatic N) is 3. The maximum atomic E-state index is 12.4. The van der Waals surface area contributed by atoms with Crippen LogP contribution >= 0.6 is 0 Å². The molecular weight excluding hydrogens is 332 g/mol. The lowest BCUT2D eigenvalue weighted by molar-refractivity contribution is -0.116. The van der Waals surface area contributed by atoms with E-state index < -0.39 is 0 Å². The van der Waals surface area contributed by atoms with Crippen molar-refractivity contribution in [1.29, 1.82) is 0 Å². The number of aryl methyl sites for hydroxylation is 2. The molecule has 0 atom stereocenters. The number of rotatable bonds is 6. The highest BCUT2D eigenvalue weighted by Crippen LogP contribution is 2.26. The van der Waals surface area contributed by atoms with Gasteiger partial charge in [0.05, 0.1) is 12.2 Å². The first-order valence-electron chi connectivity index (χ1n) is 8.48. The van der Waals surface area contributed by atoms with Gasteiger partial charge in [-0.25, -0.2) is 0 Å². The third-order valence-electron chi connectivity index (χ3n) is 4.08. The Balaban J connectivity index is 1.72. The zero-order valence-electron chi connectivity index (χ0n) is 15.4. The first kappa shape index (κ1) is 17.7. The molecule has 136 valence electrons. The molecule has 0 aliphatic carbocycles. The highest BCUT2D eigenvalue weighted by Gasteiger charge is 2.17. The first-order valence-corrected chi connectivity index (χ1v) is 8.48. The van der Waals surface area contributed by atoms with Crippen molar-refractivity contribution in [3.05, 3.63) is 47.6 Å². The van der Waals surface area contributed by atoms with Crippen molar-refractivity contribution in [1.82, 2.24) is 14.8 Å². The molecule has 1 amide bonds. The maximum Gasteiger partial charge on any atom is 0.249 e. The molecule has 26 heavy (non-hydrogen) atoms. The van der Waals surface area contributed by atoms with E-state index in [1.165, 1.54) is 0 Å².